The highest BCUT2D eigenvalue weighted by Crippen LogP contribution is 2.22. The van der Waals surface area contributed by atoms with Crippen LogP contribution in [0.15, 0.2) is 12.1 Å². The highest BCUT2D eigenvalue weighted by Gasteiger charge is 2.25. The van der Waals surface area contributed by atoms with E-state index >= 15 is 0 Å². The molecule has 0 aliphatic rings. The summed E-state index contributed by atoms with van der Waals surface area (Å²) < 4.78 is 26.2. The minimum absolute atomic E-state index is 0.285. The Kier molecular flexibility index (Phi) is 5.82. The average Bonchev–Trinajstić information content (AvgIpc) is 2.40. The summed E-state index contributed by atoms with van der Waals surface area (Å²) in [7, 11) is 0. The highest BCUT2D eigenvalue weighted by atomic mass is 35.5. The normalized spacial score (nSPS) is 12.0. The molecule has 0 fully saturated rings. The Hall–Kier alpha value is -1.76. The van der Waals surface area contributed by atoms with Gasteiger partial charge in [0.2, 0.25) is 0 Å². The third-order valence-electron chi connectivity index (χ3n) is 2.77. The maximum absolute atomic E-state index is 13.2. The Labute approximate surface area is 119 Å². The van der Waals surface area contributed by atoms with Crippen molar-refractivity contribution in [2.24, 2.45) is 0 Å². The molecule has 1 aromatic carbocycles. The first kappa shape index (κ1) is 16.3. The lowest BCUT2D eigenvalue weighted by Gasteiger charge is -2.15. The van der Waals surface area contributed by atoms with E-state index in [1.165, 1.54) is 0 Å². The van der Waals surface area contributed by atoms with Crippen molar-refractivity contribution in [2.75, 3.05) is 5.88 Å². The Morgan fingerprint density at radius 1 is 1.45 bits per heavy atom. The number of carbonyl (C=O) groups is 1. The molecule has 0 spiro atoms. The fourth-order valence-corrected chi connectivity index (χ4v) is 1.91. The van der Waals surface area contributed by atoms with Crippen LogP contribution in [0, 0.1) is 21.7 Å². The van der Waals surface area contributed by atoms with Gasteiger partial charge in [0.25, 0.3) is 11.6 Å². The summed E-state index contributed by atoms with van der Waals surface area (Å²) in [6, 6.07) is 0.635. The molecule has 1 amide bonds. The van der Waals surface area contributed by atoms with Gasteiger partial charge in [-0.3, -0.25) is 14.9 Å². The van der Waals surface area contributed by atoms with Crippen molar-refractivity contribution in [3.8, 4) is 0 Å². The third kappa shape index (κ3) is 3.86. The zero-order valence-corrected chi connectivity index (χ0v) is 11.4. The molecule has 8 heteroatoms. The van der Waals surface area contributed by atoms with Crippen LogP contribution in [-0.4, -0.2) is 22.8 Å². The Morgan fingerprint density at radius 2 is 2.05 bits per heavy atom. The molecule has 1 atom stereocenters. The predicted octanol–water partition coefficient (Wildman–Crippen LogP) is 3.01. The topological polar surface area (TPSA) is 72.2 Å². The summed E-state index contributed by atoms with van der Waals surface area (Å²) in [6.07, 6.45) is 1.04. The lowest BCUT2D eigenvalue weighted by molar-refractivity contribution is -0.385. The molecule has 0 heterocycles. The van der Waals surface area contributed by atoms with Crippen LogP contribution in [0.4, 0.5) is 14.5 Å². The number of hydrogen-bond acceptors (Lipinski definition) is 3. The SMILES string of the molecule is CCC(CCCl)NC(=O)c1cc(F)c(F)cc1[N+](=O)[O-]. The van der Waals surface area contributed by atoms with E-state index in [0.29, 0.717) is 30.9 Å². The molecule has 1 aromatic rings. The minimum Gasteiger partial charge on any atom is -0.349 e. The van der Waals surface area contributed by atoms with Gasteiger partial charge in [0.15, 0.2) is 11.6 Å². The van der Waals surface area contributed by atoms with Crippen LogP contribution in [0.2, 0.25) is 0 Å². The van der Waals surface area contributed by atoms with E-state index in [1.54, 1.807) is 6.92 Å². The van der Waals surface area contributed by atoms with Crippen molar-refractivity contribution >= 4 is 23.2 Å². The van der Waals surface area contributed by atoms with Crippen LogP contribution >= 0.6 is 11.6 Å². The zero-order chi connectivity index (χ0) is 15.3. The van der Waals surface area contributed by atoms with Crippen LogP contribution in [-0.2, 0) is 0 Å². The molecule has 0 radical (unpaired) electrons. The van der Waals surface area contributed by atoms with Crippen molar-refractivity contribution < 1.29 is 18.5 Å². The highest BCUT2D eigenvalue weighted by molar-refractivity contribution is 6.17. The summed E-state index contributed by atoms with van der Waals surface area (Å²) in [5.41, 5.74) is -1.29. The average molecular weight is 307 g/mol. The van der Waals surface area contributed by atoms with Gasteiger partial charge in [0, 0.05) is 11.9 Å². The van der Waals surface area contributed by atoms with E-state index in [1.807, 2.05) is 0 Å². The molecule has 0 aliphatic carbocycles. The standard InChI is InChI=1S/C12H13ClF2N2O3/c1-2-7(3-4-13)16-12(18)8-5-9(14)10(15)6-11(8)17(19)20/h5-7H,2-4H2,1H3,(H,16,18). The molecule has 5 nitrogen and oxygen atoms in total. The lowest BCUT2D eigenvalue weighted by Crippen LogP contribution is -2.35. The van der Waals surface area contributed by atoms with Crippen LogP contribution in [0.3, 0.4) is 0 Å². The van der Waals surface area contributed by atoms with Gasteiger partial charge in [0.05, 0.1) is 11.0 Å². The van der Waals surface area contributed by atoms with Crippen LogP contribution in [0.5, 0.6) is 0 Å². The molecular formula is C12H13ClF2N2O3. The first-order chi connectivity index (χ1) is 9.40. The Morgan fingerprint density at radius 3 is 2.55 bits per heavy atom. The summed E-state index contributed by atoms with van der Waals surface area (Å²) in [4.78, 5) is 21.8. The Balaban J connectivity index is 3.08. The summed E-state index contributed by atoms with van der Waals surface area (Å²) in [6.45, 7) is 1.80. The van der Waals surface area contributed by atoms with Crippen LogP contribution < -0.4 is 5.32 Å². The molecular weight excluding hydrogens is 294 g/mol. The summed E-state index contributed by atoms with van der Waals surface area (Å²) in [5.74, 6) is -3.21. The number of nitro benzene ring substituents is 1. The van der Waals surface area contributed by atoms with E-state index in [0.717, 1.165) is 0 Å². The van der Waals surface area contributed by atoms with Gasteiger partial charge < -0.3 is 5.32 Å². The van der Waals surface area contributed by atoms with E-state index in [9.17, 15) is 23.7 Å². The second-order valence-corrected chi connectivity index (χ2v) is 4.47. The number of amides is 1. The van der Waals surface area contributed by atoms with E-state index in [2.05, 4.69) is 5.32 Å². The molecule has 0 aliphatic heterocycles. The van der Waals surface area contributed by atoms with Gasteiger partial charge in [0.1, 0.15) is 5.56 Å². The predicted molar refractivity (Wildman–Crippen MR) is 69.9 cm³/mol. The molecule has 110 valence electrons. The van der Waals surface area contributed by atoms with Crippen molar-refractivity contribution in [3.63, 3.8) is 0 Å². The lowest BCUT2D eigenvalue weighted by atomic mass is 10.1. The first-order valence-electron chi connectivity index (χ1n) is 5.91. The first-order valence-corrected chi connectivity index (χ1v) is 6.44. The number of rotatable bonds is 6. The maximum Gasteiger partial charge on any atom is 0.285 e. The second-order valence-electron chi connectivity index (χ2n) is 4.10. The molecule has 1 unspecified atom stereocenters. The molecule has 1 N–H and O–H groups in total. The largest absolute Gasteiger partial charge is 0.349 e. The number of nitrogens with zero attached hydrogens (tertiary/aromatic N) is 1. The summed E-state index contributed by atoms with van der Waals surface area (Å²) >= 11 is 5.56. The number of hydrogen-bond donors (Lipinski definition) is 1. The van der Waals surface area contributed by atoms with Crippen molar-refractivity contribution in [3.05, 3.63) is 39.4 Å². The quantitative estimate of drug-likeness (QED) is 0.499. The number of benzene rings is 1. The van der Waals surface area contributed by atoms with Gasteiger partial charge >= 0.3 is 0 Å². The number of nitrogens with one attached hydrogen (secondary N) is 1. The minimum atomic E-state index is -1.37. The van der Waals surface area contributed by atoms with Gasteiger partial charge in [-0.15, -0.1) is 11.6 Å². The van der Waals surface area contributed by atoms with Crippen molar-refractivity contribution in [1.29, 1.82) is 0 Å². The molecule has 0 bridgehead atoms. The molecule has 0 saturated carbocycles. The monoisotopic (exact) mass is 306 g/mol. The molecule has 0 aromatic heterocycles. The van der Waals surface area contributed by atoms with Crippen LogP contribution in [0.1, 0.15) is 30.1 Å². The summed E-state index contributed by atoms with van der Waals surface area (Å²) in [5, 5.41) is 13.3. The van der Waals surface area contributed by atoms with Crippen molar-refractivity contribution in [2.45, 2.75) is 25.8 Å². The zero-order valence-electron chi connectivity index (χ0n) is 10.7. The molecule has 20 heavy (non-hydrogen) atoms. The Bertz CT molecular complexity index is 526. The number of halogens is 3. The van der Waals surface area contributed by atoms with Gasteiger partial charge in [-0.25, -0.2) is 8.78 Å². The van der Waals surface area contributed by atoms with Gasteiger partial charge in [-0.05, 0) is 18.9 Å². The number of nitro groups is 1. The number of carbonyl (C=O) groups excluding carboxylic acids is 1. The maximum atomic E-state index is 13.2. The fourth-order valence-electron chi connectivity index (χ4n) is 1.64. The van der Waals surface area contributed by atoms with E-state index < -0.39 is 33.7 Å². The number of alkyl halides is 1. The second kappa shape index (κ2) is 7.14. The van der Waals surface area contributed by atoms with E-state index in [4.69, 9.17) is 11.6 Å². The van der Waals surface area contributed by atoms with Crippen molar-refractivity contribution in [1.82, 2.24) is 5.32 Å². The van der Waals surface area contributed by atoms with Gasteiger partial charge in [-0.1, -0.05) is 6.92 Å². The van der Waals surface area contributed by atoms with Crippen LogP contribution in [0.25, 0.3) is 0 Å². The molecule has 1 rings (SSSR count). The smallest absolute Gasteiger partial charge is 0.285 e. The molecule has 0 saturated heterocycles. The third-order valence-corrected chi connectivity index (χ3v) is 2.98. The fraction of sp³-hybridized carbons (Fsp3) is 0.417. The van der Waals surface area contributed by atoms with Gasteiger partial charge in [-0.2, -0.15) is 0 Å². The van der Waals surface area contributed by atoms with E-state index in [-0.39, 0.29) is 6.04 Å².